The van der Waals surface area contributed by atoms with Gasteiger partial charge < -0.3 is 59.1 Å². The van der Waals surface area contributed by atoms with E-state index in [1.807, 2.05) is 6.92 Å². The molecule has 3 aliphatic heterocycles. The minimum Gasteiger partial charge on any atom is -0.394 e. The fourth-order valence-electron chi connectivity index (χ4n) is 6.05. The summed E-state index contributed by atoms with van der Waals surface area (Å²) in [5, 5.41) is 61.6. The molecule has 0 aromatic carbocycles. The molecule has 4 fully saturated rings. The number of fused-ring (bicyclic) bond motifs is 1. The van der Waals surface area contributed by atoms with Crippen LogP contribution in [0.4, 0.5) is 0 Å². The highest BCUT2D eigenvalue weighted by Gasteiger charge is 2.51. The molecular formula is C26H46O12. The fraction of sp³-hybridized carbons (Fsp3) is 1.00. The molecule has 12 nitrogen and oxygen atoms in total. The van der Waals surface area contributed by atoms with E-state index < -0.39 is 86.3 Å². The van der Waals surface area contributed by atoms with Crippen LogP contribution in [0.1, 0.15) is 58.8 Å². The van der Waals surface area contributed by atoms with Gasteiger partial charge in [0.25, 0.3) is 0 Å². The van der Waals surface area contributed by atoms with Crippen LogP contribution in [0.2, 0.25) is 0 Å². The maximum atomic E-state index is 10.9. The fourth-order valence-corrected chi connectivity index (χ4v) is 6.05. The Kier molecular flexibility index (Phi) is 11.2. The zero-order chi connectivity index (χ0) is 27.4. The summed E-state index contributed by atoms with van der Waals surface area (Å²) < 4.78 is 36.7. The van der Waals surface area contributed by atoms with Crippen molar-refractivity contribution in [1.29, 1.82) is 0 Å². The summed E-state index contributed by atoms with van der Waals surface area (Å²) in [5.74, 6) is 0.0685. The molecule has 3 saturated heterocycles. The van der Waals surface area contributed by atoms with Gasteiger partial charge in [0, 0.05) is 6.61 Å². The predicted octanol–water partition coefficient (Wildman–Crippen LogP) is -0.812. The highest BCUT2D eigenvalue weighted by atomic mass is 16.7. The van der Waals surface area contributed by atoms with E-state index in [4.69, 9.17) is 28.4 Å². The first-order valence-corrected chi connectivity index (χ1v) is 14.1. The Morgan fingerprint density at radius 2 is 1.53 bits per heavy atom. The molecule has 12 heteroatoms. The lowest BCUT2D eigenvalue weighted by molar-refractivity contribution is -0.353. The second-order valence-electron chi connectivity index (χ2n) is 11.0. The average molecular weight is 551 g/mol. The number of aliphatic hydroxyl groups excluding tert-OH is 6. The lowest BCUT2D eigenvalue weighted by atomic mass is 9.82. The number of ether oxygens (including phenoxy) is 6. The zero-order valence-electron chi connectivity index (χ0n) is 22.3. The van der Waals surface area contributed by atoms with Gasteiger partial charge in [-0.05, 0) is 44.9 Å². The Morgan fingerprint density at radius 1 is 0.737 bits per heavy atom. The number of rotatable bonds is 7. The minimum atomic E-state index is -1.44. The standard InChI is InChI=1S/C26H46O12/c1-3-14-7-6-9-16(22(14)38-25-21(32)20(31)18(29)13(2)34-25)36-26-24-23(19(30)17(12-28)37-26)35-15(11-27)8-4-5-10-33-24/h13-32H,3-12H2,1-2H3. The third-order valence-corrected chi connectivity index (χ3v) is 8.41. The summed E-state index contributed by atoms with van der Waals surface area (Å²) in [6.45, 7) is 3.38. The number of hydrogen-bond acceptors (Lipinski definition) is 12. The van der Waals surface area contributed by atoms with Crippen molar-refractivity contribution in [2.75, 3.05) is 19.8 Å². The molecule has 0 radical (unpaired) electrons. The summed E-state index contributed by atoms with van der Waals surface area (Å²) in [7, 11) is 0. The van der Waals surface area contributed by atoms with Crippen molar-refractivity contribution < 1.29 is 59.1 Å². The minimum absolute atomic E-state index is 0.0685. The van der Waals surface area contributed by atoms with Crippen LogP contribution < -0.4 is 0 Å². The third-order valence-electron chi connectivity index (χ3n) is 8.41. The maximum absolute atomic E-state index is 10.9. The van der Waals surface area contributed by atoms with Gasteiger partial charge in [0.05, 0.1) is 37.6 Å². The van der Waals surface area contributed by atoms with Crippen molar-refractivity contribution in [3.63, 3.8) is 0 Å². The summed E-state index contributed by atoms with van der Waals surface area (Å²) in [6, 6.07) is 0. The van der Waals surface area contributed by atoms with Gasteiger partial charge in [0.15, 0.2) is 12.6 Å². The molecule has 4 aliphatic rings. The largest absolute Gasteiger partial charge is 0.394 e. The first-order valence-electron chi connectivity index (χ1n) is 14.1. The van der Waals surface area contributed by atoms with E-state index in [1.54, 1.807) is 6.92 Å². The summed E-state index contributed by atoms with van der Waals surface area (Å²) >= 11 is 0. The lowest BCUT2D eigenvalue weighted by Gasteiger charge is -2.48. The Bertz CT molecular complexity index is 714. The normalized spacial score (nSPS) is 48.9. The van der Waals surface area contributed by atoms with Crippen LogP contribution in [0.15, 0.2) is 0 Å². The second-order valence-corrected chi connectivity index (χ2v) is 11.0. The van der Waals surface area contributed by atoms with Gasteiger partial charge in [-0.3, -0.25) is 0 Å². The lowest BCUT2D eigenvalue weighted by Crippen LogP contribution is -2.63. The number of aliphatic hydroxyl groups is 6. The SMILES string of the molecule is CCC1CCCC(OC2OC(CO)C(O)C3OC(CO)CCCCOC23)C1OC1OC(C)C(O)C(O)C1O. The van der Waals surface area contributed by atoms with E-state index in [2.05, 4.69) is 0 Å². The summed E-state index contributed by atoms with van der Waals surface area (Å²) in [6.07, 6.45) is -7.05. The van der Waals surface area contributed by atoms with Crippen LogP contribution in [0.5, 0.6) is 0 Å². The molecule has 38 heavy (non-hydrogen) atoms. The molecule has 3 heterocycles. The summed E-state index contributed by atoms with van der Waals surface area (Å²) in [5.41, 5.74) is 0. The molecule has 14 atom stereocenters. The quantitative estimate of drug-likeness (QED) is 0.233. The van der Waals surface area contributed by atoms with Crippen LogP contribution in [0.25, 0.3) is 0 Å². The second kappa shape index (κ2) is 13.9. The van der Waals surface area contributed by atoms with Crippen LogP contribution in [0, 0.1) is 5.92 Å². The molecular weight excluding hydrogens is 504 g/mol. The average Bonchev–Trinajstić information content (AvgIpc) is 3.03. The Labute approximate surface area is 223 Å². The molecule has 4 rings (SSSR count). The van der Waals surface area contributed by atoms with Crippen molar-refractivity contribution in [2.45, 2.75) is 139 Å². The molecule has 0 aromatic heterocycles. The third kappa shape index (κ3) is 6.69. The monoisotopic (exact) mass is 550 g/mol. The van der Waals surface area contributed by atoms with E-state index in [-0.39, 0.29) is 12.5 Å². The Morgan fingerprint density at radius 3 is 2.24 bits per heavy atom. The van der Waals surface area contributed by atoms with E-state index in [9.17, 15) is 30.6 Å². The molecule has 0 amide bonds. The van der Waals surface area contributed by atoms with Crippen LogP contribution in [0.3, 0.4) is 0 Å². The highest BCUT2D eigenvalue weighted by molar-refractivity contribution is 4.95. The van der Waals surface area contributed by atoms with Crippen molar-refractivity contribution >= 4 is 0 Å². The van der Waals surface area contributed by atoms with E-state index >= 15 is 0 Å². The molecule has 0 spiro atoms. The van der Waals surface area contributed by atoms with Crippen molar-refractivity contribution in [2.24, 2.45) is 5.92 Å². The van der Waals surface area contributed by atoms with E-state index in [1.165, 1.54) is 0 Å². The molecule has 0 bridgehead atoms. The molecule has 1 saturated carbocycles. The predicted molar refractivity (Wildman–Crippen MR) is 131 cm³/mol. The highest BCUT2D eigenvalue weighted by Crippen LogP contribution is 2.37. The zero-order valence-corrected chi connectivity index (χ0v) is 22.3. The van der Waals surface area contributed by atoms with Gasteiger partial charge in [-0.25, -0.2) is 0 Å². The van der Waals surface area contributed by atoms with Crippen LogP contribution in [-0.2, 0) is 28.4 Å². The van der Waals surface area contributed by atoms with E-state index in [0.717, 1.165) is 32.1 Å². The number of hydrogen-bond donors (Lipinski definition) is 6. The van der Waals surface area contributed by atoms with Gasteiger partial charge in [-0.15, -0.1) is 0 Å². The van der Waals surface area contributed by atoms with Crippen LogP contribution in [-0.4, -0.2) is 130 Å². The first kappa shape index (κ1) is 30.5. The smallest absolute Gasteiger partial charge is 0.187 e. The van der Waals surface area contributed by atoms with Gasteiger partial charge in [0.2, 0.25) is 0 Å². The van der Waals surface area contributed by atoms with E-state index in [0.29, 0.717) is 19.4 Å². The van der Waals surface area contributed by atoms with Crippen molar-refractivity contribution in [3.05, 3.63) is 0 Å². The molecule has 14 unspecified atom stereocenters. The summed E-state index contributed by atoms with van der Waals surface area (Å²) in [4.78, 5) is 0. The van der Waals surface area contributed by atoms with Crippen molar-refractivity contribution in [3.8, 4) is 0 Å². The topological polar surface area (TPSA) is 177 Å². The molecule has 222 valence electrons. The van der Waals surface area contributed by atoms with Crippen molar-refractivity contribution in [1.82, 2.24) is 0 Å². The Balaban J connectivity index is 1.54. The molecule has 6 N–H and O–H groups in total. The van der Waals surface area contributed by atoms with Gasteiger partial charge in [-0.2, -0.15) is 0 Å². The molecule has 1 aliphatic carbocycles. The first-order chi connectivity index (χ1) is 18.3. The molecule has 0 aromatic rings. The van der Waals surface area contributed by atoms with Crippen LogP contribution >= 0.6 is 0 Å². The maximum Gasteiger partial charge on any atom is 0.187 e. The van der Waals surface area contributed by atoms with Gasteiger partial charge >= 0.3 is 0 Å². The van der Waals surface area contributed by atoms with Gasteiger partial charge in [-0.1, -0.05) is 19.8 Å². The van der Waals surface area contributed by atoms with Gasteiger partial charge in [0.1, 0.15) is 42.7 Å². The Hall–Kier alpha value is -0.480.